The predicted molar refractivity (Wildman–Crippen MR) is 73.4 cm³/mol. The predicted octanol–water partition coefficient (Wildman–Crippen LogP) is 1.96. The van der Waals surface area contributed by atoms with Crippen LogP contribution in [0.5, 0.6) is 5.75 Å². The van der Waals surface area contributed by atoms with Gasteiger partial charge in [-0.2, -0.15) is 0 Å². The number of hydrogen-bond donors (Lipinski definition) is 1. The average molecular weight is 271 g/mol. The Balaban J connectivity index is 2.58. The van der Waals surface area contributed by atoms with E-state index >= 15 is 0 Å². The van der Waals surface area contributed by atoms with Crippen LogP contribution in [0.15, 0.2) is 24.3 Å². The van der Waals surface area contributed by atoms with Crippen LogP contribution in [0.3, 0.4) is 0 Å². The molecule has 1 atom stereocenters. The zero-order valence-electron chi connectivity index (χ0n) is 11.1. The van der Waals surface area contributed by atoms with Gasteiger partial charge in [0.2, 0.25) is 10.0 Å². The van der Waals surface area contributed by atoms with Crippen LogP contribution in [0.25, 0.3) is 0 Å². The Morgan fingerprint density at radius 1 is 1.39 bits per heavy atom. The van der Waals surface area contributed by atoms with E-state index in [9.17, 15) is 8.42 Å². The molecule has 102 valence electrons. The summed E-state index contributed by atoms with van der Waals surface area (Å²) in [6.07, 6.45) is 1.28. The highest BCUT2D eigenvalue weighted by Gasteiger charge is 2.13. The number of benzene rings is 1. The fourth-order valence-electron chi connectivity index (χ4n) is 1.53. The SMILES string of the molecule is CCC(C)NS(=O)(=O)CCc1cccc(OC)c1. The number of nitrogens with one attached hydrogen (secondary N) is 1. The van der Waals surface area contributed by atoms with E-state index in [1.165, 1.54) is 0 Å². The zero-order valence-corrected chi connectivity index (χ0v) is 12.0. The smallest absolute Gasteiger partial charge is 0.212 e. The Hall–Kier alpha value is -1.07. The number of methoxy groups -OCH3 is 1. The second-order valence-corrected chi connectivity index (χ2v) is 6.22. The molecule has 0 amide bonds. The highest BCUT2D eigenvalue weighted by atomic mass is 32.2. The van der Waals surface area contributed by atoms with Crippen LogP contribution in [0, 0.1) is 0 Å². The van der Waals surface area contributed by atoms with Gasteiger partial charge in [0.1, 0.15) is 5.75 Å². The van der Waals surface area contributed by atoms with Crippen LogP contribution in [0.2, 0.25) is 0 Å². The van der Waals surface area contributed by atoms with Gasteiger partial charge in [0.05, 0.1) is 12.9 Å². The molecule has 1 aromatic carbocycles. The molecule has 0 heterocycles. The maximum atomic E-state index is 11.8. The van der Waals surface area contributed by atoms with Gasteiger partial charge in [0, 0.05) is 6.04 Å². The van der Waals surface area contributed by atoms with Crippen molar-refractivity contribution < 1.29 is 13.2 Å². The molecule has 0 aromatic heterocycles. The van der Waals surface area contributed by atoms with Crippen LogP contribution < -0.4 is 9.46 Å². The summed E-state index contributed by atoms with van der Waals surface area (Å²) in [5.41, 5.74) is 0.962. The largest absolute Gasteiger partial charge is 0.497 e. The summed E-state index contributed by atoms with van der Waals surface area (Å²) >= 11 is 0. The van der Waals surface area contributed by atoms with Crippen LogP contribution in [0.1, 0.15) is 25.8 Å². The lowest BCUT2D eigenvalue weighted by Gasteiger charge is -2.12. The first-order valence-electron chi connectivity index (χ1n) is 6.09. The van der Waals surface area contributed by atoms with Crippen LogP contribution in [0.4, 0.5) is 0 Å². The molecule has 1 rings (SSSR count). The molecule has 0 saturated carbocycles. The lowest BCUT2D eigenvalue weighted by molar-refractivity contribution is 0.414. The monoisotopic (exact) mass is 271 g/mol. The van der Waals surface area contributed by atoms with E-state index in [2.05, 4.69) is 4.72 Å². The first kappa shape index (κ1) is 15.0. The molecule has 5 heteroatoms. The van der Waals surface area contributed by atoms with Crippen molar-refractivity contribution in [1.29, 1.82) is 0 Å². The van der Waals surface area contributed by atoms with Gasteiger partial charge in [-0.1, -0.05) is 19.1 Å². The highest BCUT2D eigenvalue weighted by Crippen LogP contribution is 2.13. The average Bonchev–Trinajstić information content (AvgIpc) is 2.36. The minimum Gasteiger partial charge on any atom is -0.497 e. The highest BCUT2D eigenvalue weighted by molar-refractivity contribution is 7.89. The zero-order chi connectivity index (χ0) is 13.6. The number of sulfonamides is 1. The first-order valence-corrected chi connectivity index (χ1v) is 7.75. The Kier molecular flexibility index (Phi) is 5.62. The van der Waals surface area contributed by atoms with Gasteiger partial charge < -0.3 is 4.74 Å². The molecule has 1 N–H and O–H groups in total. The van der Waals surface area contributed by atoms with E-state index in [1.807, 2.05) is 38.1 Å². The summed E-state index contributed by atoms with van der Waals surface area (Å²) in [7, 11) is -1.60. The Labute approximate surface area is 109 Å². The van der Waals surface area contributed by atoms with Crippen molar-refractivity contribution in [2.24, 2.45) is 0 Å². The maximum Gasteiger partial charge on any atom is 0.212 e. The van der Waals surface area contributed by atoms with E-state index in [-0.39, 0.29) is 11.8 Å². The molecule has 1 unspecified atom stereocenters. The third-order valence-corrected chi connectivity index (χ3v) is 4.29. The summed E-state index contributed by atoms with van der Waals surface area (Å²) in [6.45, 7) is 3.82. The van der Waals surface area contributed by atoms with E-state index in [4.69, 9.17) is 4.74 Å². The van der Waals surface area contributed by atoms with E-state index < -0.39 is 10.0 Å². The Morgan fingerprint density at radius 3 is 2.72 bits per heavy atom. The first-order chi connectivity index (χ1) is 8.46. The number of hydrogen-bond acceptors (Lipinski definition) is 3. The quantitative estimate of drug-likeness (QED) is 0.824. The van der Waals surface area contributed by atoms with E-state index in [0.717, 1.165) is 17.7 Å². The third kappa shape index (κ3) is 5.06. The normalized spacial score (nSPS) is 13.3. The van der Waals surface area contributed by atoms with Crippen molar-refractivity contribution in [3.05, 3.63) is 29.8 Å². The van der Waals surface area contributed by atoms with E-state index in [0.29, 0.717) is 6.42 Å². The minimum absolute atomic E-state index is 0.0136. The number of ether oxygens (including phenoxy) is 1. The Morgan fingerprint density at radius 2 is 2.11 bits per heavy atom. The van der Waals surface area contributed by atoms with Crippen molar-refractivity contribution in [3.8, 4) is 5.75 Å². The molecule has 18 heavy (non-hydrogen) atoms. The second-order valence-electron chi connectivity index (χ2n) is 4.35. The maximum absolute atomic E-state index is 11.8. The lowest BCUT2D eigenvalue weighted by Crippen LogP contribution is -2.34. The molecule has 0 spiro atoms. The number of aryl methyl sites for hydroxylation is 1. The summed E-state index contributed by atoms with van der Waals surface area (Å²) in [4.78, 5) is 0. The molecular weight excluding hydrogens is 250 g/mol. The summed E-state index contributed by atoms with van der Waals surface area (Å²) in [6, 6.07) is 7.46. The molecule has 0 radical (unpaired) electrons. The van der Waals surface area contributed by atoms with Gasteiger partial charge in [-0.05, 0) is 37.5 Å². The summed E-state index contributed by atoms with van der Waals surface area (Å²) in [5, 5.41) is 0. The molecule has 0 saturated heterocycles. The molecule has 0 aliphatic carbocycles. The van der Waals surface area contributed by atoms with Gasteiger partial charge in [0.25, 0.3) is 0 Å². The fourth-order valence-corrected chi connectivity index (χ4v) is 2.93. The van der Waals surface area contributed by atoms with Gasteiger partial charge in [-0.3, -0.25) is 0 Å². The van der Waals surface area contributed by atoms with Crippen molar-refractivity contribution >= 4 is 10.0 Å². The van der Waals surface area contributed by atoms with Crippen LogP contribution in [-0.4, -0.2) is 27.3 Å². The Bertz CT molecular complexity index is 471. The molecule has 0 bridgehead atoms. The fraction of sp³-hybridized carbons (Fsp3) is 0.538. The molecule has 4 nitrogen and oxygen atoms in total. The van der Waals surface area contributed by atoms with Crippen molar-refractivity contribution in [2.45, 2.75) is 32.7 Å². The molecule has 0 aliphatic heterocycles. The van der Waals surface area contributed by atoms with Crippen molar-refractivity contribution in [1.82, 2.24) is 4.72 Å². The van der Waals surface area contributed by atoms with Gasteiger partial charge in [0.15, 0.2) is 0 Å². The van der Waals surface area contributed by atoms with Gasteiger partial charge >= 0.3 is 0 Å². The summed E-state index contributed by atoms with van der Waals surface area (Å²) < 4.78 is 31.3. The standard InChI is InChI=1S/C13H21NO3S/c1-4-11(2)14-18(15,16)9-8-12-6-5-7-13(10-12)17-3/h5-7,10-11,14H,4,8-9H2,1-3H3. The molecule has 0 aliphatic rings. The minimum atomic E-state index is -3.20. The van der Waals surface area contributed by atoms with E-state index in [1.54, 1.807) is 7.11 Å². The molecular formula is C13H21NO3S. The molecule has 0 fully saturated rings. The van der Waals surface area contributed by atoms with Gasteiger partial charge in [-0.25, -0.2) is 13.1 Å². The van der Waals surface area contributed by atoms with Crippen molar-refractivity contribution in [3.63, 3.8) is 0 Å². The second kappa shape index (κ2) is 6.75. The van der Waals surface area contributed by atoms with Crippen LogP contribution in [-0.2, 0) is 16.4 Å². The topological polar surface area (TPSA) is 55.4 Å². The van der Waals surface area contributed by atoms with Gasteiger partial charge in [-0.15, -0.1) is 0 Å². The molecule has 1 aromatic rings. The van der Waals surface area contributed by atoms with Crippen LogP contribution >= 0.6 is 0 Å². The lowest BCUT2D eigenvalue weighted by atomic mass is 10.2. The third-order valence-electron chi connectivity index (χ3n) is 2.79. The number of rotatable bonds is 7. The van der Waals surface area contributed by atoms with Crippen molar-refractivity contribution in [2.75, 3.05) is 12.9 Å². The summed E-state index contributed by atoms with van der Waals surface area (Å²) in [5.74, 6) is 0.851.